The second-order valence-corrected chi connectivity index (χ2v) is 7.83. The standard InChI is InChI=1S/C25H24Cl2N2O/c1-4-23(27)24(15-10-18(2)26)29-25(16-19(3)28-29)21-11-13-22(14-12-21)30-17-20-8-6-5-7-9-20/h4-16H,17H2,1-3H3/b18-10+,23-4+,24-15+. The summed E-state index contributed by atoms with van der Waals surface area (Å²) in [6.07, 6.45) is 5.52. The molecule has 154 valence electrons. The van der Waals surface area contributed by atoms with E-state index in [9.17, 15) is 0 Å². The van der Waals surface area contributed by atoms with E-state index in [4.69, 9.17) is 27.9 Å². The molecule has 0 aliphatic carbocycles. The lowest BCUT2D eigenvalue weighted by Gasteiger charge is -2.12. The molecule has 0 aliphatic heterocycles. The Hall–Kier alpha value is -2.75. The van der Waals surface area contributed by atoms with E-state index in [0.717, 1.165) is 34.0 Å². The summed E-state index contributed by atoms with van der Waals surface area (Å²) < 4.78 is 7.74. The van der Waals surface area contributed by atoms with Crippen molar-refractivity contribution in [1.82, 2.24) is 9.78 Å². The van der Waals surface area contributed by atoms with Gasteiger partial charge >= 0.3 is 0 Å². The quantitative estimate of drug-likeness (QED) is 0.355. The van der Waals surface area contributed by atoms with E-state index in [1.54, 1.807) is 0 Å². The van der Waals surface area contributed by atoms with Crippen LogP contribution in [0.25, 0.3) is 17.0 Å². The Morgan fingerprint density at radius 1 is 1.03 bits per heavy atom. The van der Waals surface area contributed by atoms with Gasteiger partial charge in [-0.15, -0.1) is 0 Å². The highest BCUT2D eigenvalue weighted by molar-refractivity contribution is 6.36. The second kappa shape index (κ2) is 10.3. The molecule has 3 rings (SSSR count). The molecule has 0 saturated heterocycles. The van der Waals surface area contributed by atoms with Crippen molar-refractivity contribution in [3.05, 3.63) is 100 Å². The van der Waals surface area contributed by atoms with Crippen LogP contribution in [0, 0.1) is 6.92 Å². The SMILES string of the molecule is C\C=C(Cl)/C(=C\C=C(/C)Cl)n1nc(C)cc1-c1ccc(OCc2ccccc2)cc1. The summed E-state index contributed by atoms with van der Waals surface area (Å²) in [5.74, 6) is 0.813. The molecule has 0 fully saturated rings. The van der Waals surface area contributed by atoms with Gasteiger partial charge < -0.3 is 4.74 Å². The summed E-state index contributed by atoms with van der Waals surface area (Å²) in [7, 11) is 0. The van der Waals surface area contributed by atoms with Crippen LogP contribution in [0.4, 0.5) is 0 Å². The fraction of sp³-hybridized carbons (Fsp3) is 0.160. The van der Waals surface area contributed by atoms with Gasteiger partial charge in [-0.05, 0) is 68.8 Å². The number of ether oxygens (including phenoxy) is 1. The minimum atomic E-state index is 0.533. The van der Waals surface area contributed by atoms with Gasteiger partial charge in [-0.2, -0.15) is 5.10 Å². The molecule has 0 saturated carbocycles. The van der Waals surface area contributed by atoms with Crippen molar-refractivity contribution in [3.63, 3.8) is 0 Å². The molecule has 5 heteroatoms. The Morgan fingerprint density at radius 3 is 2.37 bits per heavy atom. The highest BCUT2D eigenvalue weighted by Gasteiger charge is 2.14. The summed E-state index contributed by atoms with van der Waals surface area (Å²) >= 11 is 12.5. The van der Waals surface area contributed by atoms with Crippen molar-refractivity contribution < 1.29 is 4.74 Å². The van der Waals surface area contributed by atoms with Crippen LogP contribution in [0.1, 0.15) is 25.1 Å². The van der Waals surface area contributed by atoms with Crippen molar-refractivity contribution >= 4 is 28.9 Å². The van der Waals surface area contributed by atoms with E-state index in [-0.39, 0.29) is 0 Å². The van der Waals surface area contributed by atoms with E-state index >= 15 is 0 Å². The average Bonchev–Trinajstić information content (AvgIpc) is 3.14. The van der Waals surface area contributed by atoms with Crippen LogP contribution in [0.15, 0.2) is 89.0 Å². The number of hydrogen-bond acceptors (Lipinski definition) is 2. The Morgan fingerprint density at radius 2 is 1.73 bits per heavy atom. The molecule has 30 heavy (non-hydrogen) atoms. The van der Waals surface area contributed by atoms with Crippen LogP contribution < -0.4 is 4.74 Å². The van der Waals surface area contributed by atoms with Gasteiger partial charge in [-0.1, -0.05) is 59.6 Å². The first kappa shape index (κ1) is 21.9. The average molecular weight is 439 g/mol. The highest BCUT2D eigenvalue weighted by atomic mass is 35.5. The van der Waals surface area contributed by atoms with E-state index in [2.05, 4.69) is 5.10 Å². The minimum Gasteiger partial charge on any atom is -0.489 e. The van der Waals surface area contributed by atoms with Gasteiger partial charge in [-0.25, -0.2) is 4.68 Å². The number of aromatic nitrogens is 2. The molecule has 3 aromatic rings. The van der Waals surface area contributed by atoms with E-state index in [1.807, 2.05) is 104 Å². The molecule has 0 atom stereocenters. The Labute approximate surface area is 187 Å². The van der Waals surface area contributed by atoms with E-state index in [1.165, 1.54) is 0 Å². The molecule has 0 spiro atoms. The number of allylic oxidation sites excluding steroid dienone is 6. The zero-order valence-electron chi connectivity index (χ0n) is 17.3. The first-order valence-corrected chi connectivity index (χ1v) is 10.4. The minimum absolute atomic E-state index is 0.533. The van der Waals surface area contributed by atoms with Crippen molar-refractivity contribution in [2.75, 3.05) is 0 Å². The molecule has 3 nitrogen and oxygen atoms in total. The van der Waals surface area contributed by atoms with Crippen molar-refractivity contribution in [1.29, 1.82) is 0 Å². The van der Waals surface area contributed by atoms with Crippen LogP contribution in [-0.2, 0) is 6.61 Å². The lowest BCUT2D eigenvalue weighted by atomic mass is 10.1. The van der Waals surface area contributed by atoms with Gasteiger partial charge in [0.2, 0.25) is 0 Å². The maximum atomic E-state index is 6.48. The largest absolute Gasteiger partial charge is 0.489 e. The van der Waals surface area contributed by atoms with Crippen molar-refractivity contribution in [2.24, 2.45) is 0 Å². The molecule has 0 radical (unpaired) electrons. The van der Waals surface area contributed by atoms with Crippen molar-refractivity contribution in [2.45, 2.75) is 27.4 Å². The third-order valence-electron chi connectivity index (χ3n) is 4.43. The summed E-state index contributed by atoms with van der Waals surface area (Å²) in [6.45, 7) is 6.21. The zero-order valence-corrected chi connectivity index (χ0v) is 18.8. The van der Waals surface area contributed by atoms with Gasteiger partial charge in [0, 0.05) is 10.6 Å². The number of aryl methyl sites for hydroxylation is 1. The monoisotopic (exact) mass is 438 g/mol. The Bertz CT molecular complexity index is 1070. The van der Waals surface area contributed by atoms with Gasteiger partial charge in [-0.3, -0.25) is 0 Å². The molecule has 1 heterocycles. The first-order chi connectivity index (χ1) is 14.5. The first-order valence-electron chi connectivity index (χ1n) is 9.68. The molecule has 0 amide bonds. The van der Waals surface area contributed by atoms with Gasteiger partial charge in [0.15, 0.2) is 0 Å². The number of halogens is 2. The predicted octanol–water partition coefficient (Wildman–Crippen LogP) is 7.56. The maximum absolute atomic E-state index is 6.48. The van der Waals surface area contributed by atoms with Gasteiger partial charge in [0.1, 0.15) is 12.4 Å². The number of rotatable bonds is 7. The van der Waals surface area contributed by atoms with Crippen LogP contribution in [0.5, 0.6) is 5.75 Å². The van der Waals surface area contributed by atoms with Crippen LogP contribution in [0.3, 0.4) is 0 Å². The fourth-order valence-corrected chi connectivity index (χ4v) is 3.15. The second-order valence-electron chi connectivity index (χ2n) is 6.82. The lowest BCUT2D eigenvalue weighted by molar-refractivity contribution is 0.306. The third-order valence-corrected chi connectivity index (χ3v) is 4.96. The van der Waals surface area contributed by atoms with Crippen molar-refractivity contribution in [3.8, 4) is 17.0 Å². The molecule has 0 unspecified atom stereocenters. The van der Waals surface area contributed by atoms with Crippen LogP contribution >= 0.6 is 23.2 Å². The summed E-state index contributed by atoms with van der Waals surface area (Å²) in [5, 5.41) is 5.91. The third kappa shape index (κ3) is 5.65. The predicted molar refractivity (Wildman–Crippen MR) is 127 cm³/mol. The smallest absolute Gasteiger partial charge is 0.119 e. The molecule has 1 aromatic heterocycles. The highest BCUT2D eigenvalue weighted by Crippen LogP contribution is 2.30. The number of benzene rings is 2. The molecular formula is C25H24Cl2N2O. The molecule has 2 aromatic carbocycles. The molecule has 0 N–H and O–H groups in total. The normalized spacial score (nSPS) is 12.9. The maximum Gasteiger partial charge on any atom is 0.119 e. The van der Waals surface area contributed by atoms with Crippen LogP contribution in [0.2, 0.25) is 0 Å². The molecular weight excluding hydrogens is 415 g/mol. The zero-order chi connectivity index (χ0) is 21.5. The topological polar surface area (TPSA) is 27.1 Å². The summed E-state index contributed by atoms with van der Waals surface area (Å²) in [5.41, 5.74) is 4.74. The van der Waals surface area contributed by atoms with E-state index < -0.39 is 0 Å². The summed E-state index contributed by atoms with van der Waals surface area (Å²) in [6, 6.07) is 20.1. The lowest BCUT2D eigenvalue weighted by Crippen LogP contribution is -2.02. The Kier molecular flexibility index (Phi) is 7.56. The number of hydrogen-bond donors (Lipinski definition) is 0. The van der Waals surface area contributed by atoms with E-state index in [0.29, 0.717) is 16.7 Å². The molecule has 0 aliphatic rings. The fourth-order valence-electron chi connectivity index (χ4n) is 2.94. The number of nitrogens with zero attached hydrogens (tertiary/aromatic N) is 2. The van der Waals surface area contributed by atoms with Gasteiger partial charge in [0.25, 0.3) is 0 Å². The van der Waals surface area contributed by atoms with Crippen LogP contribution in [-0.4, -0.2) is 9.78 Å². The molecule has 0 bridgehead atoms. The summed E-state index contributed by atoms with van der Waals surface area (Å²) in [4.78, 5) is 0. The van der Waals surface area contributed by atoms with Gasteiger partial charge in [0.05, 0.1) is 22.1 Å². The Balaban J connectivity index is 1.89.